The van der Waals surface area contributed by atoms with Gasteiger partial charge in [0, 0.05) is 17.2 Å². The molecule has 0 radical (unpaired) electrons. The number of hydrogen-bond donors (Lipinski definition) is 4. The minimum Gasteiger partial charge on any atom is -0.477 e. The highest BCUT2D eigenvalue weighted by atomic mass is 16.5. The second-order valence-electron chi connectivity index (χ2n) is 12.7. The third-order valence-corrected chi connectivity index (χ3v) is 8.08. The number of urea groups is 1. The van der Waals surface area contributed by atoms with Crippen LogP contribution in [0, 0.1) is 28.6 Å². The van der Waals surface area contributed by atoms with Crippen molar-refractivity contribution in [2.45, 2.75) is 71.8 Å². The van der Waals surface area contributed by atoms with Crippen LogP contribution in [0.5, 0.6) is 5.88 Å². The molecular formula is C27H40N6O6. The molecule has 4 bridgehead atoms. The maximum absolute atomic E-state index is 13.7. The highest BCUT2D eigenvalue weighted by Gasteiger charge is 2.58. The van der Waals surface area contributed by atoms with Gasteiger partial charge in [-0.2, -0.15) is 5.10 Å². The van der Waals surface area contributed by atoms with Gasteiger partial charge in [-0.25, -0.2) is 14.3 Å². The Morgan fingerprint density at radius 1 is 1.18 bits per heavy atom. The molecule has 0 aromatic carbocycles. The molecule has 0 aliphatic heterocycles. The Bertz CT molecular complexity index is 1160. The number of carbonyl (C=O) groups is 4. The maximum atomic E-state index is 13.7. The summed E-state index contributed by atoms with van der Waals surface area (Å²) in [6.45, 7) is 7.87. The number of rotatable bonds is 10. The monoisotopic (exact) mass is 544 g/mol. The number of primary amides is 2. The number of nitrogens with zero attached hydrogens (tertiary/aromatic N) is 2. The van der Waals surface area contributed by atoms with E-state index in [-0.39, 0.29) is 35.3 Å². The Labute approximate surface area is 228 Å². The number of nitrogens with one attached hydrogen (secondary N) is 2. The highest BCUT2D eigenvalue weighted by molar-refractivity contribution is 5.98. The number of carbonyl (C=O) groups excluding carboxylic acids is 4. The first-order valence-electron chi connectivity index (χ1n) is 13.5. The van der Waals surface area contributed by atoms with Crippen LogP contribution in [-0.2, 0) is 9.53 Å². The molecule has 0 saturated heterocycles. The van der Waals surface area contributed by atoms with E-state index < -0.39 is 29.0 Å². The summed E-state index contributed by atoms with van der Waals surface area (Å²) >= 11 is 0. The third kappa shape index (κ3) is 6.36. The van der Waals surface area contributed by atoms with Crippen LogP contribution >= 0.6 is 0 Å². The number of ether oxygens (including phenoxy) is 2. The molecule has 214 valence electrons. The zero-order valence-corrected chi connectivity index (χ0v) is 23.1. The van der Waals surface area contributed by atoms with Crippen LogP contribution in [0.15, 0.2) is 12.3 Å². The molecule has 4 aliphatic carbocycles. The Hall–Kier alpha value is -3.57. The lowest BCUT2D eigenvalue weighted by Crippen LogP contribution is -2.64. The molecule has 39 heavy (non-hydrogen) atoms. The van der Waals surface area contributed by atoms with Gasteiger partial charge < -0.3 is 26.3 Å². The van der Waals surface area contributed by atoms with Crippen molar-refractivity contribution in [3.05, 3.63) is 17.8 Å². The van der Waals surface area contributed by atoms with E-state index in [9.17, 15) is 19.2 Å². The second kappa shape index (κ2) is 10.5. The molecule has 4 aliphatic rings. The lowest BCUT2D eigenvalue weighted by atomic mass is 9.47. The number of hydrogen-bond acceptors (Lipinski definition) is 7. The summed E-state index contributed by atoms with van der Waals surface area (Å²) in [7, 11) is 0. The molecule has 1 heterocycles. The van der Waals surface area contributed by atoms with Crippen molar-refractivity contribution in [3.8, 4) is 5.88 Å². The Kier molecular flexibility index (Phi) is 7.68. The minimum atomic E-state index is -1.08. The first-order chi connectivity index (χ1) is 18.2. The average molecular weight is 545 g/mol. The lowest BCUT2D eigenvalue weighted by Gasteiger charge is -2.61. The summed E-state index contributed by atoms with van der Waals surface area (Å²) in [6, 6.07) is -0.937. The molecule has 2 unspecified atom stereocenters. The number of amides is 5. The fourth-order valence-electron chi connectivity index (χ4n) is 6.91. The maximum Gasteiger partial charge on any atom is 0.404 e. The van der Waals surface area contributed by atoms with Crippen LogP contribution < -0.4 is 26.8 Å². The van der Waals surface area contributed by atoms with E-state index >= 15 is 0 Å². The first kappa shape index (κ1) is 28.4. The van der Waals surface area contributed by atoms with Crippen molar-refractivity contribution in [1.29, 1.82) is 0 Å². The van der Waals surface area contributed by atoms with Crippen LogP contribution in [0.1, 0.15) is 76.6 Å². The van der Waals surface area contributed by atoms with Crippen LogP contribution in [0.4, 0.5) is 9.59 Å². The molecule has 1 aromatic heterocycles. The second-order valence-corrected chi connectivity index (χ2v) is 12.7. The number of nitrogens with two attached hydrogens (primary N) is 2. The zero-order valence-electron chi connectivity index (χ0n) is 23.1. The smallest absolute Gasteiger partial charge is 0.404 e. The van der Waals surface area contributed by atoms with Crippen LogP contribution in [-0.4, -0.2) is 52.5 Å². The van der Waals surface area contributed by atoms with E-state index in [2.05, 4.69) is 15.7 Å². The molecule has 1 aromatic rings. The summed E-state index contributed by atoms with van der Waals surface area (Å²) in [5, 5.41) is 9.74. The molecule has 4 fully saturated rings. The van der Waals surface area contributed by atoms with Gasteiger partial charge in [0.15, 0.2) is 0 Å². The van der Waals surface area contributed by atoms with Crippen LogP contribution in [0.2, 0.25) is 0 Å². The summed E-state index contributed by atoms with van der Waals surface area (Å²) in [5.74, 6) is 0.516. The minimum absolute atomic E-state index is 0.173. The predicted molar refractivity (Wildman–Crippen MR) is 142 cm³/mol. The van der Waals surface area contributed by atoms with Crippen molar-refractivity contribution in [2.24, 2.45) is 40.1 Å². The van der Waals surface area contributed by atoms with Crippen molar-refractivity contribution in [2.75, 3.05) is 13.2 Å². The van der Waals surface area contributed by atoms with Crippen molar-refractivity contribution < 1.29 is 28.7 Å². The van der Waals surface area contributed by atoms with Crippen LogP contribution in [0.3, 0.4) is 0 Å². The molecule has 6 N–H and O–H groups in total. The zero-order chi connectivity index (χ0) is 28.6. The van der Waals surface area contributed by atoms with Crippen molar-refractivity contribution in [1.82, 2.24) is 20.4 Å². The molecule has 2 atom stereocenters. The van der Waals surface area contributed by atoms with Gasteiger partial charge in [0.25, 0.3) is 5.91 Å². The molecule has 4 saturated carbocycles. The largest absolute Gasteiger partial charge is 0.477 e. The normalized spacial score (nSPS) is 27.5. The average Bonchev–Trinajstić information content (AvgIpc) is 3.21. The quantitative estimate of drug-likeness (QED) is 0.349. The lowest BCUT2D eigenvalue weighted by molar-refractivity contribution is -0.125. The fraction of sp³-hybridized carbons (Fsp3) is 0.667. The van der Waals surface area contributed by atoms with Gasteiger partial charge in [-0.15, -0.1) is 0 Å². The van der Waals surface area contributed by atoms with Gasteiger partial charge in [0.2, 0.25) is 11.8 Å². The fourth-order valence-corrected chi connectivity index (χ4v) is 6.91. The first-order valence-corrected chi connectivity index (χ1v) is 13.5. The van der Waals surface area contributed by atoms with Gasteiger partial charge in [-0.1, -0.05) is 19.9 Å². The summed E-state index contributed by atoms with van der Waals surface area (Å²) in [6.07, 6.45) is 9.34. The van der Waals surface area contributed by atoms with Gasteiger partial charge in [-0.3, -0.25) is 14.9 Å². The summed E-state index contributed by atoms with van der Waals surface area (Å²) in [5.41, 5.74) is 8.98. The van der Waals surface area contributed by atoms with E-state index in [0.29, 0.717) is 18.4 Å². The predicted octanol–water partition coefficient (Wildman–Crippen LogP) is 2.77. The Morgan fingerprint density at radius 2 is 1.85 bits per heavy atom. The van der Waals surface area contributed by atoms with E-state index in [4.69, 9.17) is 20.9 Å². The van der Waals surface area contributed by atoms with E-state index in [1.165, 1.54) is 17.1 Å². The van der Waals surface area contributed by atoms with E-state index in [1.54, 1.807) is 19.9 Å². The molecule has 5 amide bonds. The topological polar surface area (TPSA) is 181 Å². The third-order valence-electron chi connectivity index (χ3n) is 8.08. The summed E-state index contributed by atoms with van der Waals surface area (Å²) in [4.78, 5) is 48.5. The number of imide groups is 1. The van der Waals surface area contributed by atoms with Crippen molar-refractivity contribution >= 4 is 30.1 Å². The molecule has 12 nitrogen and oxygen atoms in total. The van der Waals surface area contributed by atoms with E-state index in [0.717, 1.165) is 38.5 Å². The standard InChI is InChI=1S/C27H40N6O6/c1-16(2)13-38-21-19(12-30-33(21)6-5-25(3,4)22(35)31-23(28)36)20(34)32-27-10-17-7-18(11-27)9-26(8-17,14-27)15-39-24(29)37/h5-6,12,16-18H,7-11,13-15H2,1-4H3,(H2,29,37)(H,32,34)(H3,28,31,35,36)/b6-5+/t17?,18?,26-,27-. The SMILES string of the molecule is CC(C)COc1c(C(=O)N[C@]23CC4CC(C[C@@](COC(N)=O)(C4)C2)C3)cnn1/C=C/C(C)(C)C(=O)NC(N)=O. The Balaban J connectivity index is 1.56. The Morgan fingerprint density at radius 3 is 2.44 bits per heavy atom. The molecular weight excluding hydrogens is 504 g/mol. The van der Waals surface area contributed by atoms with Gasteiger partial charge in [0.1, 0.15) is 5.56 Å². The van der Waals surface area contributed by atoms with Gasteiger partial charge in [-0.05, 0) is 70.1 Å². The molecule has 5 rings (SSSR count). The van der Waals surface area contributed by atoms with Crippen molar-refractivity contribution in [3.63, 3.8) is 0 Å². The molecule has 12 heteroatoms. The summed E-state index contributed by atoms with van der Waals surface area (Å²) < 4.78 is 12.7. The van der Waals surface area contributed by atoms with Gasteiger partial charge in [0.05, 0.1) is 24.8 Å². The number of aromatic nitrogens is 2. The van der Waals surface area contributed by atoms with Gasteiger partial charge >= 0.3 is 12.1 Å². The van der Waals surface area contributed by atoms with E-state index in [1.807, 2.05) is 13.8 Å². The highest BCUT2D eigenvalue weighted by Crippen LogP contribution is 2.61. The van der Waals surface area contributed by atoms with Crippen LogP contribution in [0.25, 0.3) is 6.20 Å². The molecule has 0 spiro atoms.